The molecule has 25 heavy (non-hydrogen) atoms. The van der Waals surface area contributed by atoms with Gasteiger partial charge in [-0.15, -0.1) is 0 Å². The Hall–Kier alpha value is -2.08. The van der Waals surface area contributed by atoms with E-state index in [1.54, 1.807) is 0 Å². The lowest BCUT2D eigenvalue weighted by atomic mass is 10.0. The topological polar surface area (TPSA) is 0 Å². The maximum Gasteiger partial charge on any atom is -0.0219 e. The Kier molecular flexibility index (Phi) is 18.4. The van der Waals surface area contributed by atoms with Crippen molar-refractivity contribution < 1.29 is 0 Å². The number of benzene rings is 2. The zero-order valence-corrected chi connectivity index (χ0v) is 17.6. The second-order valence-electron chi connectivity index (χ2n) is 5.75. The normalized spacial score (nSPS) is 10.0. The molecular weight excluding hydrogens is 300 g/mol. The minimum atomic E-state index is 0.659. The van der Waals surface area contributed by atoms with E-state index < -0.39 is 0 Å². The summed E-state index contributed by atoms with van der Waals surface area (Å²) in [6.45, 7) is 16.6. The van der Waals surface area contributed by atoms with Gasteiger partial charge in [-0.3, -0.25) is 0 Å². The first-order valence-corrected chi connectivity index (χ1v) is 9.33. The van der Waals surface area contributed by atoms with Crippen LogP contribution in [0.25, 0.3) is 0 Å². The van der Waals surface area contributed by atoms with Crippen LogP contribution in [0.5, 0.6) is 0 Å². The monoisotopic (exact) mass is 338 g/mol. The number of rotatable bonds is 2. The fraction of sp³-hybridized carbons (Fsp3) is 0.360. The number of allylic oxidation sites excluding steroid dienone is 4. The van der Waals surface area contributed by atoms with Crippen LogP contribution in [0.15, 0.2) is 84.5 Å². The minimum absolute atomic E-state index is 0.659. The quantitative estimate of drug-likeness (QED) is 0.482. The lowest BCUT2D eigenvalue weighted by molar-refractivity contribution is 0.867. The number of hydrogen-bond acceptors (Lipinski definition) is 0. The third-order valence-corrected chi connectivity index (χ3v) is 3.29. The molecule has 0 atom stereocenters. The van der Waals surface area contributed by atoms with Crippen LogP contribution < -0.4 is 0 Å². The van der Waals surface area contributed by atoms with E-state index in [0.29, 0.717) is 5.92 Å². The summed E-state index contributed by atoms with van der Waals surface area (Å²) in [5.74, 6) is 0.659. The molecule has 0 heteroatoms. The van der Waals surface area contributed by atoms with Crippen molar-refractivity contribution >= 4 is 0 Å². The standard InChI is InChI=1S/C9H12.C7H8.C7H12.C2H6/c1-8(2)9-6-4-3-5-7-9;1-7-5-3-2-4-6-7;1-4-6-7(3)5-2;1-2/h3-8H,1-2H3;2-6H,1H3;4-6H,1-3H3;1-2H3/b;;6-4-,7-5-;. The Balaban J connectivity index is 0. The average Bonchev–Trinajstić information content (AvgIpc) is 2.66. The highest BCUT2D eigenvalue weighted by Gasteiger charge is 1.93. The van der Waals surface area contributed by atoms with Crippen molar-refractivity contribution in [1.82, 2.24) is 0 Å². The van der Waals surface area contributed by atoms with Crippen LogP contribution >= 0.6 is 0 Å². The van der Waals surface area contributed by atoms with Crippen molar-refractivity contribution in [2.24, 2.45) is 0 Å². The molecule has 0 saturated carbocycles. The number of hydrogen-bond donors (Lipinski definition) is 0. The molecule has 0 radical (unpaired) electrons. The largest absolute Gasteiger partial charge is 0.0874 e. The fourth-order valence-electron chi connectivity index (χ4n) is 1.73. The van der Waals surface area contributed by atoms with Crippen molar-refractivity contribution in [3.63, 3.8) is 0 Å². The van der Waals surface area contributed by atoms with Crippen LogP contribution in [-0.4, -0.2) is 0 Å². The molecule has 0 bridgehead atoms. The molecule has 0 nitrogen and oxygen atoms in total. The Morgan fingerprint density at radius 1 is 0.800 bits per heavy atom. The van der Waals surface area contributed by atoms with Gasteiger partial charge in [0.15, 0.2) is 0 Å². The molecule has 0 aliphatic carbocycles. The highest BCUT2D eigenvalue weighted by atomic mass is 14.0. The molecule has 2 aromatic rings. The Labute approximate surface area is 157 Å². The van der Waals surface area contributed by atoms with E-state index in [0.717, 1.165) is 0 Å². The second kappa shape index (κ2) is 18.3. The smallest absolute Gasteiger partial charge is 0.0219 e. The maximum atomic E-state index is 2.20. The van der Waals surface area contributed by atoms with E-state index in [4.69, 9.17) is 0 Å². The predicted molar refractivity (Wildman–Crippen MR) is 117 cm³/mol. The molecule has 0 heterocycles. The van der Waals surface area contributed by atoms with Gasteiger partial charge in [-0.05, 0) is 39.2 Å². The van der Waals surface area contributed by atoms with Gasteiger partial charge in [-0.2, -0.15) is 0 Å². The first kappa shape index (κ1) is 25.2. The lowest BCUT2D eigenvalue weighted by Crippen LogP contribution is -1.83. The van der Waals surface area contributed by atoms with Gasteiger partial charge in [-0.25, -0.2) is 0 Å². The summed E-state index contributed by atoms with van der Waals surface area (Å²) < 4.78 is 0. The molecule has 0 N–H and O–H groups in total. The molecular formula is C25H38. The molecule has 0 fully saturated rings. The summed E-state index contributed by atoms with van der Waals surface area (Å²) in [6, 6.07) is 20.8. The van der Waals surface area contributed by atoms with Gasteiger partial charge >= 0.3 is 0 Å². The van der Waals surface area contributed by atoms with Crippen LogP contribution in [0, 0.1) is 6.92 Å². The summed E-state index contributed by atoms with van der Waals surface area (Å²) in [5.41, 5.74) is 4.06. The van der Waals surface area contributed by atoms with Gasteiger partial charge in [0.2, 0.25) is 0 Å². The van der Waals surface area contributed by atoms with Gasteiger partial charge < -0.3 is 0 Å². The first-order chi connectivity index (χ1) is 12.0. The van der Waals surface area contributed by atoms with Crippen molar-refractivity contribution in [3.8, 4) is 0 Å². The molecule has 0 saturated heterocycles. The van der Waals surface area contributed by atoms with Crippen molar-refractivity contribution in [2.45, 2.75) is 61.3 Å². The zero-order chi connectivity index (χ0) is 19.5. The second-order valence-corrected chi connectivity index (χ2v) is 5.75. The van der Waals surface area contributed by atoms with E-state index >= 15 is 0 Å². The summed E-state index contributed by atoms with van der Waals surface area (Å²) in [4.78, 5) is 0. The summed E-state index contributed by atoms with van der Waals surface area (Å²) in [6.07, 6.45) is 6.20. The van der Waals surface area contributed by atoms with E-state index in [1.807, 2.05) is 58.0 Å². The van der Waals surface area contributed by atoms with Crippen LogP contribution in [-0.2, 0) is 0 Å². The molecule has 0 aromatic heterocycles. The molecule has 2 rings (SSSR count). The summed E-state index contributed by atoms with van der Waals surface area (Å²) in [5, 5.41) is 0. The van der Waals surface area contributed by atoms with E-state index in [-0.39, 0.29) is 0 Å². The van der Waals surface area contributed by atoms with Gasteiger partial charge in [0.1, 0.15) is 0 Å². The van der Waals surface area contributed by atoms with Crippen LogP contribution in [0.3, 0.4) is 0 Å². The summed E-state index contributed by atoms with van der Waals surface area (Å²) >= 11 is 0. The average molecular weight is 339 g/mol. The molecule has 138 valence electrons. The first-order valence-electron chi connectivity index (χ1n) is 9.33. The molecule has 0 unspecified atom stereocenters. The molecule has 2 aromatic carbocycles. The Morgan fingerprint density at radius 3 is 1.44 bits per heavy atom. The number of aryl methyl sites for hydroxylation is 1. The van der Waals surface area contributed by atoms with Gasteiger partial charge in [0, 0.05) is 0 Å². The van der Waals surface area contributed by atoms with Crippen molar-refractivity contribution in [3.05, 3.63) is 95.6 Å². The van der Waals surface area contributed by atoms with Crippen LogP contribution in [0.4, 0.5) is 0 Å². The Morgan fingerprint density at radius 2 is 1.24 bits per heavy atom. The molecule has 0 spiro atoms. The Bertz CT molecular complexity index is 545. The third kappa shape index (κ3) is 16.6. The highest BCUT2D eigenvalue weighted by molar-refractivity contribution is 5.17. The van der Waals surface area contributed by atoms with Gasteiger partial charge in [0.25, 0.3) is 0 Å². The highest BCUT2D eigenvalue weighted by Crippen LogP contribution is 2.11. The van der Waals surface area contributed by atoms with Crippen LogP contribution in [0.1, 0.15) is 65.5 Å². The van der Waals surface area contributed by atoms with E-state index in [2.05, 4.69) is 76.2 Å². The lowest BCUT2D eigenvalue weighted by Gasteiger charge is -2.01. The summed E-state index contributed by atoms with van der Waals surface area (Å²) in [7, 11) is 0. The van der Waals surface area contributed by atoms with Gasteiger partial charge in [0.05, 0.1) is 0 Å². The van der Waals surface area contributed by atoms with Gasteiger partial charge in [-0.1, -0.05) is 118 Å². The maximum absolute atomic E-state index is 2.20. The van der Waals surface area contributed by atoms with Crippen molar-refractivity contribution in [2.75, 3.05) is 0 Å². The van der Waals surface area contributed by atoms with E-state index in [9.17, 15) is 0 Å². The van der Waals surface area contributed by atoms with Crippen LogP contribution in [0.2, 0.25) is 0 Å². The predicted octanol–water partition coefficient (Wildman–Crippen LogP) is 8.36. The SMILES string of the molecule is C/C=C\C(C)=C/C.CC.CC(C)c1ccccc1.Cc1ccccc1. The third-order valence-electron chi connectivity index (χ3n) is 3.29. The zero-order valence-electron chi connectivity index (χ0n) is 17.6. The molecule has 0 amide bonds. The minimum Gasteiger partial charge on any atom is -0.0874 e. The molecule has 0 aliphatic rings. The van der Waals surface area contributed by atoms with E-state index in [1.165, 1.54) is 16.7 Å². The molecule has 0 aliphatic heterocycles. The van der Waals surface area contributed by atoms with Crippen molar-refractivity contribution in [1.29, 1.82) is 0 Å². The fourth-order valence-corrected chi connectivity index (χ4v) is 1.73.